The van der Waals surface area contributed by atoms with Crippen LogP contribution in [0.4, 0.5) is 0 Å². The number of nitrogens with one attached hydrogen (secondary N) is 2. The fourth-order valence-corrected chi connectivity index (χ4v) is 4.59. The van der Waals surface area contributed by atoms with Crippen molar-refractivity contribution in [1.82, 2.24) is 24.8 Å². The first-order chi connectivity index (χ1) is 14.3. The van der Waals surface area contributed by atoms with Gasteiger partial charge >= 0.3 is 5.69 Å². The molecule has 0 aromatic carbocycles. The first-order valence-corrected chi connectivity index (χ1v) is 10.7. The Kier molecular flexibility index (Phi) is 5.64. The second-order valence-electron chi connectivity index (χ2n) is 8.24. The average molecular weight is 428 g/mol. The maximum Gasteiger partial charge on any atom is 0.327 e. The summed E-state index contributed by atoms with van der Waals surface area (Å²) in [5.74, 6) is 0.221. The molecule has 1 unspecified atom stereocenters. The number of aryl methyl sites for hydroxylation is 2. The van der Waals surface area contributed by atoms with Crippen LogP contribution in [-0.2, 0) is 0 Å². The Morgan fingerprint density at radius 1 is 1.27 bits per heavy atom. The highest BCUT2D eigenvalue weighted by Crippen LogP contribution is 2.33. The van der Waals surface area contributed by atoms with Gasteiger partial charge in [0.05, 0.1) is 21.8 Å². The molecule has 1 aliphatic rings. The van der Waals surface area contributed by atoms with Crippen molar-refractivity contribution in [2.45, 2.75) is 58.5 Å². The highest BCUT2D eigenvalue weighted by Gasteiger charge is 2.29. The topological polar surface area (TPSA) is 92.7 Å². The molecule has 1 fully saturated rings. The molecule has 0 bridgehead atoms. The molecule has 1 atom stereocenters. The van der Waals surface area contributed by atoms with Crippen molar-refractivity contribution < 1.29 is 4.79 Å². The van der Waals surface area contributed by atoms with E-state index < -0.39 is 0 Å². The third-order valence-electron chi connectivity index (χ3n) is 6.20. The van der Waals surface area contributed by atoms with Crippen LogP contribution in [0, 0.1) is 19.8 Å². The number of halogens is 1. The van der Waals surface area contributed by atoms with Gasteiger partial charge in [0.1, 0.15) is 0 Å². The van der Waals surface area contributed by atoms with E-state index in [0.717, 1.165) is 36.9 Å². The summed E-state index contributed by atoms with van der Waals surface area (Å²) < 4.78 is 1.78. The molecule has 3 aromatic rings. The smallest absolute Gasteiger partial charge is 0.327 e. The van der Waals surface area contributed by atoms with Gasteiger partial charge in [0, 0.05) is 24.0 Å². The molecule has 0 aliphatic heterocycles. The van der Waals surface area contributed by atoms with E-state index >= 15 is 0 Å². The average Bonchev–Trinajstić information content (AvgIpc) is 3.04. The van der Waals surface area contributed by atoms with Gasteiger partial charge in [-0.3, -0.25) is 14.3 Å². The van der Waals surface area contributed by atoms with Gasteiger partial charge in [-0.1, -0.05) is 11.6 Å². The van der Waals surface area contributed by atoms with Crippen molar-refractivity contribution in [2.75, 3.05) is 0 Å². The van der Waals surface area contributed by atoms with Crippen molar-refractivity contribution in [3.8, 4) is 0 Å². The van der Waals surface area contributed by atoms with Gasteiger partial charge in [-0.25, -0.2) is 9.78 Å². The van der Waals surface area contributed by atoms with Crippen molar-refractivity contribution in [3.05, 3.63) is 56.9 Å². The van der Waals surface area contributed by atoms with Gasteiger partial charge < -0.3 is 10.3 Å². The van der Waals surface area contributed by atoms with Crippen LogP contribution < -0.4 is 11.0 Å². The summed E-state index contributed by atoms with van der Waals surface area (Å²) in [5.41, 5.74) is 3.44. The number of amides is 1. The minimum absolute atomic E-state index is 0.0385. The lowest BCUT2D eigenvalue weighted by atomic mass is 9.82. The maximum atomic E-state index is 12.6. The molecule has 3 heterocycles. The zero-order valence-electron chi connectivity index (χ0n) is 17.4. The molecule has 30 heavy (non-hydrogen) atoms. The first kappa shape index (κ1) is 20.6. The minimum atomic E-state index is -0.133. The van der Waals surface area contributed by atoms with Crippen LogP contribution >= 0.6 is 11.6 Å². The van der Waals surface area contributed by atoms with E-state index in [1.54, 1.807) is 23.8 Å². The van der Waals surface area contributed by atoms with E-state index in [4.69, 9.17) is 11.6 Å². The molecule has 3 aromatic heterocycles. The Morgan fingerprint density at radius 3 is 2.73 bits per heavy atom. The van der Waals surface area contributed by atoms with Crippen molar-refractivity contribution >= 4 is 28.7 Å². The Hall–Kier alpha value is -2.67. The van der Waals surface area contributed by atoms with Crippen LogP contribution in [0.1, 0.15) is 60.4 Å². The number of H-pyrrole nitrogens is 1. The van der Waals surface area contributed by atoms with Gasteiger partial charge in [-0.15, -0.1) is 0 Å². The Labute approximate surface area is 179 Å². The molecule has 8 heteroatoms. The fourth-order valence-electron chi connectivity index (χ4n) is 4.43. The highest BCUT2D eigenvalue weighted by molar-refractivity contribution is 6.30. The van der Waals surface area contributed by atoms with Crippen molar-refractivity contribution in [3.63, 3.8) is 0 Å². The van der Waals surface area contributed by atoms with Gasteiger partial charge in [0.25, 0.3) is 5.91 Å². The van der Waals surface area contributed by atoms with Crippen LogP contribution in [0.3, 0.4) is 0 Å². The number of aromatic nitrogens is 4. The molecular formula is C22H26ClN5O2. The minimum Gasteiger partial charge on any atom is -0.349 e. The standard InChI is InChI=1S/C22H26ClN5O2/c1-12-4-9-19-20(25-12)28(22(30)27-19)14(3)15-5-7-17(8-6-15)26-21(29)18-10-16(23)11-24-13(18)2/h4,9-11,14-15,17H,5-8H2,1-3H3,(H,26,29)(H,27,30). The van der Waals surface area contributed by atoms with E-state index in [2.05, 4.69) is 27.2 Å². The quantitative estimate of drug-likeness (QED) is 0.659. The second kappa shape index (κ2) is 8.22. The van der Waals surface area contributed by atoms with Crippen LogP contribution in [0.5, 0.6) is 0 Å². The van der Waals surface area contributed by atoms with Crippen LogP contribution in [0.2, 0.25) is 5.02 Å². The largest absolute Gasteiger partial charge is 0.349 e. The Bertz CT molecular complexity index is 1140. The predicted molar refractivity (Wildman–Crippen MR) is 117 cm³/mol. The molecule has 0 spiro atoms. The molecule has 1 aliphatic carbocycles. The molecule has 4 rings (SSSR count). The molecule has 158 valence electrons. The van der Waals surface area contributed by atoms with Gasteiger partial charge in [-0.05, 0) is 70.6 Å². The molecule has 1 amide bonds. The summed E-state index contributed by atoms with van der Waals surface area (Å²) >= 11 is 5.99. The summed E-state index contributed by atoms with van der Waals surface area (Å²) in [6, 6.07) is 5.61. The zero-order chi connectivity index (χ0) is 21.4. The fraction of sp³-hybridized carbons (Fsp3) is 0.455. The third kappa shape index (κ3) is 3.99. The lowest BCUT2D eigenvalue weighted by Gasteiger charge is -2.33. The molecule has 1 saturated carbocycles. The number of carbonyl (C=O) groups excluding carboxylic acids is 1. The number of pyridine rings is 2. The lowest BCUT2D eigenvalue weighted by Crippen LogP contribution is -2.39. The van der Waals surface area contributed by atoms with Crippen molar-refractivity contribution in [1.29, 1.82) is 0 Å². The van der Waals surface area contributed by atoms with E-state index in [0.29, 0.717) is 27.8 Å². The summed E-state index contributed by atoms with van der Waals surface area (Å²) in [5, 5.41) is 3.58. The number of hydrogen-bond acceptors (Lipinski definition) is 4. The number of hydrogen-bond donors (Lipinski definition) is 2. The SMILES string of the molecule is Cc1ccc2[nH]c(=O)n(C(C)C3CCC(NC(=O)c4cc(Cl)cnc4C)CC3)c2n1. The Balaban J connectivity index is 1.43. The zero-order valence-corrected chi connectivity index (χ0v) is 18.2. The summed E-state index contributed by atoms with van der Waals surface area (Å²) in [4.78, 5) is 36.8. The number of imidazole rings is 1. The van der Waals surface area contributed by atoms with E-state index in [1.807, 2.05) is 19.1 Å². The summed E-state index contributed by atoms with van der Waals surface area (Å²) in [7, 11) is 0. The highest BCUT2D eigenvalue weighted by atomic mass is 35.5. The van der Waals surface area contributed by atoms with E-state index in [-0.39, 0.29) is 23.7 Å². The normalized spacial score (nSPS) is 20.3. The first-order valence-electron chi connectivity index (χ1n) is 10.3. The van der Waals surface area contributed by atoms with Crippen molar-refractivity contribution in [2.24, 2.45) is 5.92 Å². The summed E-state index contributed by atoms with van der Waals surface area (Å²) in [6.45, 7) is 5.82. The number of fused-ring (bicyclic) bond motifs is 1. The molecular weight excluding hydrogens is 402 g/mol. The maximum absolute atomic E-state index is 12.6. The molecule has 7 nitrogen and oxygen atoms in total. The van der Waals surface area contributed by atoms with Crippen LogP contribution in [-0.4, -0.2) is 31.5 Å². The number of nitrogens with zero attached hydrogens (tertiary/aromatic N) is 3. The Morgan fingerprint density at radius 2 is 2.00 bits per heavy atom. The van der Waals surface area contributed by atoms with Crippen LogP contribution in [0.15, 0.2) is 29.2 Å². The van der Waals surface area contributed by atoms with E-state index in [1.165, 1.54) is 0 Å². The molecule has 0 saturated heterocycles. The van der Waals surface area contributed by atoms with Gasteiger partial charge in [0.15, 0.2) is 5.65 Å². The monoisotopic (exact) mass is 427 g/mol. The predicted octanol–water partition coefficient (Wildman–Crippen LogP) is 3.94. The van der Waals surface area contributed by atoms with Crippen LogP contribution in [0.25, 0.3) is 11.2 Å². The third-order valence-corrected chi connectivity index (χ3v) is 6.40. The second-order valence-corrected chi connectivity index (χ2v) is 8.67. The lowest BCUT2D eigenvalue weighted by molar-refractivity contribution is 0.0916. The number of carbonyl (C=O) groups is 1. The van der Waals surface area contributed by atoms with Gasteiger partial charge in [-0.2, -0.15) is 0 Å². The molecule has 2 N–H and O–H groups in total. The number of aromatic amines is 1. The molecule has 0 radical (unpaired) electrons. The van der Waals surface area contributed by atoms with Gasteiger partial charge in [0.2, 0.25) is 0 Å². The number of rotatable bonds is 4. The summed E-state index contributed by atoms with van der Waals surface area (Å²) in [6.07, 6.45) is 5.16. The van der Waals surface area contributed by atoms with E-state index in [9.17, 15) is 9.59 Å².